The highest BCUT2D eigenvalue weighted by Crippen LogP contribution is 2.15. The molecule has 0 atom stereocenters. The number of aryl methyl sites for hydroxylation is 1. The Balaban J connectivity index is 3.18. The zero-order chi connectivity index (χ0) is 7.56. The summed E-state index contributed by atoms with van der Waals surface area (Å²) >= 11 is 0. The van der Waals surface area contributed by atoms with Crippen LogP contribution in [0, 0.1) is 17.6 Å². The first-order valence-corrected chi connectivity index (χ1v) is 2.83. The van der Waals surface area contributed by atoms with Crippen molar-refractivity contribution < 1.29 is 4.39 Å². The van der Waals surface area contributed by atoms with Gasteiger partial charge in [0.2, 0.25) is 0 Å². The Bertz CT molecular complexity index is 240. The number of hydrogen-bond donors (Lipinski definition) is 0. The van der Waals surface area contributed by atoms with E-state index in [9.17, 15) is 9.30 Å². The van der Waals surface area contributed by atoms with E-state index < -0.39 is 5.82 Å². The van der Waals surface area contributed by atoms with Crippen molar-refractivity contribution in [2.75, 3.05) is 0 Å². The molecule has 0 saturated carbocycles. The molecule has 0 spiro atoms. The van der Waals surface area contributed by atoms with Gasteiger partial charge in [0.1, 0.15) is 11.5 Å². The lowest BCUT2D eigenvalue weighted by Crippen LogP contribution is -1.75. The summed E-state index contributed by atoms with van der Waals surface area (Å²) in [5, 5.41) is 2.60. The smallest absolute Gasteiger partial charge is 0.125 e. The second-order valence-electron chi connectivity index (χ2n) is 2.08. The van der Waals surface area contributed by atoms with Crippen molar-refractivity contribution in [3.05, 3.63) is 34.5 Å². The molecule has 0 saturated heterocycles. The van der Waals surface area contributed by atoms with E-state index in [0.29, 0.717) is 5.56 Å². The van der Waals surface area contributed by atoms with Crippen LogP contribution in [0.15, 0.2) is 23.4 Å². The summed E-state index contributed by atoms with van der Waals surface area (Å²) in [6, 6.07) is 3.96. The van der Waals surface area contributed by atoms with Crippen molar-refractivity contribution in [3.63, 3.8) is 0 Å². The predicted molar refractivity (Wildman–Crippen MR) is 36.6 cm³/mol. The normalized spacial score (nSPS) is 9.40. The summed E-state index contributed by atoms with van der Waals surface area (Å²) in [5.74, 6) is -0.422. The molecular weight excluding hydrogens is 133 g/mol. The minimum absolute atomic E-state index is 0.137. The molecule has 1 rings (SSSR count). The van der Waals surface area contributed by atoms with E-state index in [1.54, 1.807) is 6.92 Å². The summed E-state index contributed by atoms with van der Waals surface area (Å²) in [4.78, 5) is 9.89. The highest BCUT2D eigenvalue weighted by Gasteiger charge is 1.95. The van der Waals surface area contributed by atoms with Gasteiger partial charge in [0, 0.05) is 6.07 Å². The van der Waals surface area contributed by atoms with E-state index in [4.69, 9.17) is 0 Å². The van der Waals surface area contributed by atoms with E-state index in [2.05, 4.69) is 5.18 Å². The van der Waals surface area contributed by atoms with E-state index >= 15 is 0 Å². The Hall–Kier alpha value is -1.25. The van der Waals surface area contributed by atoms with Crippen molar-refractivity contribution in [2.45, 2.75) is 6.92 Å². The lowest BCUT2D eigenvalue weighted by molar-refractivity contribution is 0.627. The number of benzene rings is 1. The molecule has 1 aromatic rings. The monoisotopic (exact) mass is 139 g/mol. The molecule has 52 valence electrons. The molecule has 1 aromatic carbocycles. The molecule has 0 aromatic heterocycles. The average molecular weight is 139 g/mol. The van der Waals surface area contributed by atoms with Crippen molar-refractivity contribution in [1.29, 1.82) is 0 Å². The van der Waals surface area contributed by atoms with Crippen LogP contribution in [0.25, 0.3) is 0 Å². The standard InChI is InChI=1S/C7H6FNO/c1-5-2-6(8)4-7(3-5)9-10/h2-4H,1H3. The van der Waals surface area contributed by atoms with Crippen LogP contribution >= 0.6 is 0 Å². The lowest BCUT2D eigenvalue weighted by Gasteiger charge is -1.92. The molecule has 0 N–H and O–H groups in total. The number of halogens is 1. The van der Waals surface area contributed by atoms with Gasteiger partial charge in [-0.25, -0.2) is 4.39 Å². The quantitative estimate of drug-likeness (QED) is 0.549. The molecule has 3 heteroatoms. The maximum atomic E-state index is 12.4. The first-order valence-electron chi connectivity index (χ1n) is 2.83. The summed E-state index contributed by atoms with van der Waals surface area (Å²) in [7, 11) is 0. The van der Waals surface area contributed by atoms with Crippen LogP contribution in [0.1, 0.15) is 5.56 Å². The second-order valence-corrected chi connectivity index (χ2v) is 2.08. The van der Waals surface area contributed by atoms with Crippen molar-refractivity contribution in [3.8, 4) is 0 Å². The van der Waals surface area contributed by atoms with Gasteiger partial charge >= 0.3 is 0 Å². The second kappa shape index (κ2) is 2.56. The van der Waals surface area contributed by atoms with Gasteiger partial charge in [0.05, 0.1) is 0 Å². The van der Waals surface area contributed by atoms with Gasteiger partial charge in [-0.3, -0.25) is 0 Å². The third-order valence-electron chi connectivity index (χ3n) is 1.13. The van der Waals surface area contributed by atoms with E-state index in [1.165, 1.54) is 12.1 Å². The highest BCUT2D eigenvalue weighted by molar-refractivity contribution is 5.39. The van der Waals surface area contributed by atoms with Crippen LogP contribution in [0.5, 0.6) is 0 Å². The summed E-state index contributed by atoms with van der Waals surface area (Å²) in [5.41, 5.74) is 0.840. The average Bonchev–Trinajstić information content (AvgIpc) is 1.85. The molecule has 0 radical (unpaired) electrons. The van der Waals surface area contributed by atoms with Crippen LogP contribution in [0.3, 0.4) is 0 Å². The zero-order valence-corrected chi connectivity index (χ0v) is 5.47. The number of hydrogen-bond acceptors (Lipinski definition) is 2. The largest absolute Gasteiger partial charge is 0.207 e. The first kappa shape index (κ1) is 6.86. The fraction of sp³-hybridized carbons (Fsp3) is 0.143. The predicted octanol–water partition coefficient (Wildman–Crippen LogP) is 2.53. The Kier molecular flexibility index (Phi) is 1.76. The van der Waals surface area contributed by atoms with Crippen LogP contribution in [0.2, 0.25) is 0 Å². The van der Waals surface area contributed by atoms with Gasteiger partial charge in [0.25, 0.3) is 0 Å². The van der Waals surface area contributed by atoms with Crippen molar-refractivity contribution in [1.82, 2.24) is 0 Å². The fourth-order valence-corrected chi connectivity index (χ4v) is 0.770. The van der Waals surface area contributed by atoms with Crippen LogP contribution in [-0.2, 0) is 0 Å². The maximum Gasteiger partial charge on any atom is 0.125 e. The third-order valence-corrected chi connectivity index (χ3v) is 1.13. The van der Waals surface area contributed by atoms with Crippen molar-refractivity contribution >= 4 is 5.69 Å². The molecule has 10 heavy (non-hydrogen) atoms. The summed E-state index contributed by atoms with van der Waals surface area (Å²) < 4.78 is 12.4. The molecule has 0 aliphatic carbocycles. The SMILES string of the molecule is Cc1cc(F)cc(N=O)c1. The molecule has 0 heterocycles. The third kappa shape index (κ3) is 1.37. The number of rotatable bonds is 1. The zero-order valence-electron chi connectivity index (χ0n) is 5.47. The molecule has 0 aliphatic rings. The van der Waals surface area contributed by atoms with Gasteiger partial charge in [-0.05, 0) is 29.8 Å². The Morgan fingerprint density at radius 3 is 2.60 bits per heavy atom. The fourth-order valence-electron chi connectivity index (χ4n) is 0.770. The minimum Gasteiger partial charge on any atom is -0.207 e. The molecular formula is C7H6FNO. The van der Waals surface area contributed by atoms with Crippen LogP contribution < -0.4 is 0 Å². The van der Waals surface area contributed by atoms with Gasteiger partial charge in [-0.15, -0.1) is 4.91 Å². The van der Waals surface area contributed by atoms with Gasteiger partial charge in [-0.2, -0.15) is 0 Å². The number of nitroso groups, excluding NO2 is 1. The van der Waals surface area contributed by atoms with Crippen molar-refractivity contribution in [2.24, 2.45) is 5.18 Å². The lowest BCUT2D eigenvalue weighted by atomic mass is 10.2. The molecule has 0 bridgehead atoms. The molecule has 0 fully saturated rings. The van der Waals surface area contributed by atoms with Crippen LogP contribution in [0.4, 0.5) is 10.1 Å². The van der Waals surface area contributed by atoms with Crippen LogP contribution in [-0.4, -0.2) is 0 Å². The van der Waals surface area contributed by atoms with Gasteiger partial charge in [0.15, 0.2) is 0 Å². The maximum absolute atomic E-state index is 12.4. The summed E-state index contributed by atoms with van der Waals surface area (Å²) in [6.07, 6.45) is 0. The molecule has 0 aliphatic heterocycles. The Morgan fingerprint density at radius 2 is 2.10 bits per heavy atom. The van der Waals surface area contributed by atoms with E-state index in [-0.39, 0.29) is 5.69 Å². The summed E-state index contributed by atoms with van der Waals surface area (Å²) in [6.45, 7) is 1.71. The number of nitrogens with zero attached hydrogens (tertiary/aromatic N) is 1. The first-order chi connectivity index (χ1) is 4.72. The minimum atomic E-state index is -0.422. The Labute approximate surface area is 57.7 Å². The van der Waals surface area contributed by atoms with Gasteiger partial charge in [-0.1, -0.05) is 0 Å². The highest BCUT2D eigenvalue weighted by atomic mass is 19.1. The topological polar surface area (TPSA) is 29.4 Å². The molecule has 0 amide bonds. The van der Waals surface area contributed by atoms with E-state index in [0.717, 1.165) is 6.07 Å². The van der Waals surface area contributed by atoms with E-state index in [1.807, 2.05) is 0 Å². The Morgan fingerprint density at radius 1 is 1.40 bits per heavy atom. The van der Waals surface area contributed by atoms with Gasteiger partial charge < -0.3 is 0 Å². The molecule has 0 unspecified atom stereocenters. The molecule has 2 nitrogen and oxygen atoms in total.